The maximum atomic E-state index is 5.98. The molecular formula is C17H16BrClO2. The first-order valence-corrected chi connectivity index (χ1v) is 8.53. The highest BCUT2D eigenvalue weighted by Crippen LogP contribution is 2.37. The molecule has 2 atom stereocenters. The Labute approximate surface area is 138 Å². The van der Waals surface area contributed by atoms with Crippen LogP contribution in [0.1, 0.15) is 5.56 Å². The molecule has 0 spiro atoms. The van der Waals surface area contributed by atoms with Gasteiger partial charge in [0.2, 0.25) is 5.79 Å². The van der Waals surface area contributed by atoms with Crippen LogP contribution in [0.2, 0.25) is 0 Å². The molecule has 0 saturated carbocycles. The van der Waals surface area contributed by atoms with Gasteiger partial charge in [0.25, 0.3) is 0 Å². The standard InChI is InChI=1S/C17H16BrClO2/c18-12-17(20-11-16(10-19)21-17)15-8-6-14(7-9-15)13-4-2-1-3-5-13/h1-9,16H,10-12H2/t16-,17-/m1/s1. The van der Waals surface area contributed by atoms with Crippen LogP contribution in [0.25, 0.3) is 11.1 Å². The Morgan fingerprint density at radius 3 is 2.29 bits per heavy atom. The first-order valence-electron chi connectivity index (χ1n) is 6.87. The number of rotatable bonds is 4. The Bertz CT molecular complexity index is 587. The number of halogens is 2. The van der Waals surface area contributed by atoms with Crippen LogP contribution in [-0.4, -0.2) is 23.9 Å². The van der Waals surface area contributed by atoms with Crippen molar-refractivity contribution in [3.63, 3.8) is 0 Å². The Hall–Kier alpha value is -0.870. The van der Waals surface area contributed by atoms with Gasteiger partial charge in [-0.2, -0.15) is 0 Å². The molecule has 1 heterocycles. The topological polar surface area (TPSA) is 18.5 Å². The van der Waals surface area contributed by atoms with Crippen molar-refractivity contribution < 1.29 is 9.47 Å². The first-order chi connectivity index (χ1) is 10.3. The minimum atomic E-state index is -0.727. The lowest BCUT2D eigenvalue weighted by Crippen LogP contribution is -2.30. The zero-order valence-electron chi connectivity index (χ0n) is 11.5. The summed E-state index contributed by atoms with van der Waals surface area (Å²) in [6.45, 7) is 0.523. The Kier molecular flexibility index (Phi) is 4.65. The highest BCUT2D eigenvalue weighted by Gasteiger charge is 2.42. The summed E-state index contributed by atoms with van der Waals surface area (Å²) in [5, 5.41) is 0.581. The SMILES string of the molecule is ClC[C@@H]1CO[C@@](CBr)(c2ccc(-c3ccccc3)cc2)O1. The van der Waals surface area contributed by atoms with Gasteiger partial charge in [-0.15, -0.1) is 11.6 Å². The van der Waals surface area contributed by atoms with Crippen LogP contribution in [-0.2, 0) is 15.3 Å². The maximum Gasteiger partial charge on any atom is 0.205 e. The predicted octanol–water partition coefficient (Wildman–Crippen LogP) is 4.56. The van der Waals surface area contributed by atoms with Crippen molar-refractivity contribution >= 4 is 27.5 Å². The van der Waals surface area contributed by atoms with Crippen molar-refractivity contribution in [3.05, 3.63) is 60.2 Å². The maximum absolute atomic E-state index is 5.98. The fraction of sp³-hybridized carbons (Fsp3) is 0.294. The average molecular weight is 368 g/mol. The minimum Gasteiger partial charge on any atom is -0.342 e. The number of hydrogen-bond acceptors (Lipinski definition) is 2. The molecule has 0 amide bonds. The van der Waals surface area contributed by atoms with Gasteiger partial charge in [-0.25, -0.2) is 0 Å². The van der Waals surface area contributed by atoms with Crippen molar-refractivity contribution in [2.75, 3.05) is 17.8 Å². The van der Waals surface area contributed by atoms with Gasteiger partial charge in [0, 0.05) is 5.56 Å². The van der Waals surface area contributed by atoms with E-state index in [0.717, 1.165) is 5.56 Å². The molecule has 21 heavy (non-hydrogen) atoms. The summed E-state index contributed by atoms with van der Waals surface area (Å²) in [4.78, 5) is 0. The fourth-order valence-corrected chi connectivity index (χ4v) is 3.26. The van der Waals surface area contributed by atoms with Crippen molar-refractivity contribution in [3.8, 4) is 11.1 Å². The fourth-order valence-electron chi connectivity index (χ4n) is 2.49. The van der Waals surface area contributed by atoms with Crippen LogP contribution >= 0.6 is 27.5 Å². The van der Waals surface area contributed by atoms with Crippen molar-refractivity contribution in [1.82, 2.24) is 0 Å². The average Bonchev–Trinajstić information content (AvgIpc) is 3.01. The Morgan fingerprint density at radius 1 is 1.05 bits per heavy atom. The Morgan fingerprint density at radius 2 is 1.71 bits per heavy atom. The van der Waals surface area contributed by atoms with Crippen LogP contribution < -0.4 is 0 Å². The van der Waals surface area contributed by atoms with Crippen molar-refractivity contribution in [2.24, 2.45) is 0 Å². The molecule has 0 unspecified atom stereocenters. The second-order valence-corrected chi connectivity index (χ2v) is 5.90. The lowest BCUT2D eigenvalue weighted by atomic mass is 10.0. The zero-order valence-corrected chi connectivity index (χ0v) is 13.8. The number of hydrogen-bond donors (Lipinski definition) is 0. The van der Waals surface area contributed by atoms with E-state index >= 15 is 0 Å². The van der Waals surface area contributed by atoms with E-state index in [4.69, 9.17) is 21.1 Å². The second kappa shape index (κ2) is 6.49. The molecule has 1 aliphatic rings. The molecule has 4 heteroatoms. The molecule has 0 radical (unpaired) electrons. The molecule has 2 aromatic carbocycles. The van der Waals surface area contributed by atoms with E-state index in [1.54, 1.807) is 0 Å². The lowest BCUT2D eigenvalue weighted by Gasteiger charge is -2.26. The van der Waals surface area contributed by atoms with Gasteiger partial charge in [0.05, 0.1) is 23.9 Å². The van der Waals surface area contributed by atoms with Gasteiger partial charge >= 0.3 is 0 Å². The van der Waals surface area contributed by atoms with Crippen LogP contribution in [0.3, 0.4) is 0 Å². The molecule has 0 bridgehead atoms. The van der Waals surface area contributed by atoms with Gasteiger partial charge in [0.15, 0.2) is 0 Å². The Balaban J connectivity index is 1.87. The molecule has 2 aromatic rings. The number of benzene rings is 2. The number of ether oxygens (including phenoxy) is 2. The summed E-state index contributed by atoms with van der Waals surface area (Å²) in [5.41, 5.74) is 3.38. The molecule has 3 rings (SSSR count). The van der Waals surface area contributed by atoms with Gasteiger partial charge in [-0.1, -0.05) is 70.5 Å². The van der Waals surface area contributed by atoms with Crippen molar-refractivity contribution in [1.29, 1.82) is 0 Å². The van der Waals surface area contributed by atoms with Crippen LogP contribution in [0, 0.1) is 0 Å². The van der Waals surface area contributed by atoms with E-state index in [9.17, 15) is 0 Å². The summed E-state index contributed by atoms with van der Waals surface area (Å²) < 4.78 is 11.8. The minimum absolute atomic E-state index is 0.0574. The van der Waals surface area contributed by atoms with E-state index in [-0.39, 0.29) is 6.10 Å². The molecule has 1 saturated heterocycles. The summed E-state index contributed by atoms with van der Waals surface area (Å²) in [6, 6.07) is 18.6. The summed E-state index contributed by atoms with van der Waals surface area (Å²) in [5.74, 6) is -0.286. The van der Waals surface area contributed by atoms with Crippen LogP contribution in [0.4, 0.5) is 0 Å². The van der Waals surface area contributed by atoms with E-state index in [1.165, 1.54) is 11.1 Å². The smallest absolute Gasteiger partial charge is 0.205 e. The molecule has 1 aliphatic heterocycles. The highest BCUT2D eigenvalue weighted by molar-refractivity contribution is 9.09. The van der Waals surface area contributed by atoms with Gasteiger partial charge in [-0.3, -0.25) is 0 Å². The van der Waals surface area contributed by atoms with E-state index < -0.39 is 5.79 Å². The second-order valence-electron chi connectivity index (χ2n) is 5.04. The van der Waals surface area contributed by atoms with Gasteiger partial charge in [0.1, 0.15) is 0 Å². The summed E-state index contributed by atoms with van der Waals surface area (Å²) >= 11 is 9.36. The molecule has 0 aromatic heterocycles. The monoisotopic (exact) mass is 366 g/mol. The molecule has 2 nitrogen and oxygen atoms in total. The van der Waals surface area contributed by atoms with Gasteiger partial charge < -0.3 is 9.47 Å². The number of alkyl halides is 2. The predicted molar refractivity (Wildman–Crippen MR) is 88.9 cm³/mol. The summed E-state index contributed by atoms with van der Waals surface area (Å²) in [7, 11) is 0. The molecule has 110 valence electrons. The van der Waals surface area contributed by atoms with Crippen LogP contribution in [0.5, 0.6) is 0 Å². The third-order valence-electron chi connectivity index (χ3n) is 3.64. The van der Waals surface area contributed by atoms with Crippen molar-refractivity contribution in [2.45, 2.75) is 11.9 Å². The first kappa shape index (κ1) is 15.0. The zero-order chi connectivity index (χ0) is 14.7. The molecule has 0 N–H and O–H groups in total. The van der Waals surface area contributed by atoms with Gasteiger partial charge in [-0.05, 0) is 11.1 Å². The van der Waals surface area contributed by atoms with E-state index in [1.807, 2.05) is 18.2 Å². The van der Waals surface area contributed by atoms with E-state index in [2.05, 4.69) is 52.3 Å². The highest BCUT2D eigenvalue weighted by atomic mass is 79.9. The molecular weight excluding hydrogens is 352 g/mol. The van der Waals surface area contributed by atoms with E-state index in [0.29, 0.717) is 17.8 Å². The molecule has 0 aliphatic carbocycles. The third-order valence-corrected chi connectivity index (χ3v) is 4.72. The quantitative estimate of drug-likeness (QED) is 0.738. The molecule has 1 fully saturated rings. The largest absolute Gasteiger partial charge is 0.342 e. The lowest BCUT2D eigenvalue weighted by molar-refractivity contribution is -0.154. The summed E-state index contributed by atoms with van der Waals surface area (Å²) in [6.07, 6.45) is -0.0574. The van der Waals surface area contributed by atoms with Crippen LogP contribution in [0.15, 0.2) is 54.6 Å². The normalized spacial score (nSPS) is 25.1. The third kappa shape index (κ3) is 3.02.